The Kier molecular flexibility index (Phi) is 10.4. The summed E-state index contributed by atoms with van der Waals surface area (Å²) >= 11 is 12.4. The summed E-state index contributed by atoms with van der Waals surface area (Å²) in [7, 11) is 0. The van der Waals surface area contributed by atoms with E-state index in [0.717, 1.165) is 40.7 Å². The van der Waals surface area contributed by atoms with Crippen molar-refractivity contribution in [3.63, 3.8) is 0 Å². The Morgan fingerprint density at radius 2 is 1.56 bits per heavy atom. The van der Waals surface area contributed by atoms with Gasteiger partial charge in [0, 0.05) is 19.5 Å². The number of halogens is 2. The third-order valence-corrected chi connectivity index (χ3v) is 6.81. The SMILES string of the molecule is CCCCNC(=O)[C@@H](Cc1ccccc1)N(Cc1ccc(Cl)c(Cl)c1)C(=O)Cc1cc(C)cc(C)c1. The van der Waals surface area contributed by atoms with E-state index in [1.54, 1.807) is 17.0 Å². The van der Waals surface area contributed by atoms with Crippen LogP contribution in [-0.2, 0) is 29.0 Å². The molecular formula is C30H34Cl2N2O2. The van der Waals surface area contributed by atoms with Crippen LogP contribution in [0.2, 0.25) is 10.0 Å². The number of hydrogen-bond donors (Lipinski definition) is 1. The monoisotopic (exact) mass is 524 g/mol. The van der Waals surface area contributed by atoms with Crippen molar-refractivity contribution < 1.29 is 9.59 Å². The van der Waals surface area contributed by atoms with Crippen molar-refractivity contribution in [1.82, 2.24) is 10.2 Å². The molecule has 0 aromatic heterocycles. The molecule has 36 heavy (non-hydrogen) atoms. The summed E-state index contributed by atoms with van der Waals surface area (Å²) in [4.78, 5) is 29.0. The van der Waals surface area contributed by atoms with Gasteiger partial charge >= 0.3 is 0 Å². The van der Waals surface area contributed by atoms with Gasteiger partial charge in [0.2, 0.25) is 11.8 Å². The third-order valence-electron chi connectivity index (χ3n) is 6.07. The minimum Gasteiger partial charge on any atom is -0.354 e. The van der Waals surface area contributed by atoms with Crippen LogP contribution in [0.15, 0.2) is 66.7 Å². The van der Waals surface area contributed by atoms with E-state index >= 15 is 0 Å². The molecule has 1 atom stereocenters. The van der Waals surface area contributed by atoms with Gasteiger partial charge in [-0.15, -0.1) is 0 Å². The minimum atomic E-state index is -0.669. The molecule has 0 saturated heterocycles. The number of amides is 2. The summed E-state index contributed by atoms with van der Waals surface area (Å²) in [6.45, 7) is 6.95. The Hall–Kier alpha value is -2.82. The van der Waals surface area contributed by atoms with Crippen LogP contribution in [-0.4, -0.2) is 29.3 Å². The summed E-state index contributed by atoms with van der Waals surface area (Å²) in [5.41, 5.74) is 4.95. The van der Waals surface area contributed by atoms with E-state index in [4.69, 9.17) is 23.2 Å². The highest BCUT2D eigenvalue weighted by Crippen LogP contribution is 2.25. The lowest BCUT2D eigenvalue weighted by molar-refractivity contribution is -0.140. The molecule has 1 N–H and O–H groups in total. The first-order valence-electron chi connectivity index (χ1n) is 12.4. The first-order valence-corrected chi connectivity index (χ1v) is 13.1. The fourth-order valence-corrected chi connectivity index (χ4v) is 4.66. The molecule has 3 aromatic carbocycles. The molecule has 0 saturated carbocycles. The summed E-state index contributed by atoms with van der Waals surface area (Å²) in [6, 6.07) is 20.6. The maximum Gasteiger partial charge on any atom is 0.243 e. The maximum atomic E-state index is 13.8. The van der Waals surface area contributed by atoms with E-state index in [9.17, 15) is 9.59 Å². The van der Waals surface area contributed by atoms with Crippen molar-refractivity contribution in [3.8, 4) is 0 Å². The molecule has 3 aromatic rings. The van der Waals surface area contributed by atoms with E-state index < -0.39 is 6.04 Å². The smallest absolute Gasteiger partial charge is 0.243 e. The van der Waals surface area contributed by atoms with Gasteiger partial charge in [-0.05, 0) is 49.1 Å². The van der Waals surface area contributed by atoms with Gasteiger partial charge in [-0.25, -0.2) is 0 Å². The van der Waals surface area contributed by atoms with Gasteiger partial charge in [0.05, 0.1) is 16.5 Å². The molecule has 0 spiro atoms. The van der Waals surface area contributed by atoms with Crippen LogP contribution in [0.25, 0.3) is 0 Å². The van der Waals surface area contributed by atoms with E-state index in [1.165, 1.54) is 0 Å². The van der Waals surface area contributed by atoms with Crippen LogP contribution in [0.4, 0.5) is 0 Å². The zero-order valence-electron chi connectivity index (χ0n) is 21.2. The first kappa shape index (κ1) is 27.8. The predicted octanol–water partition coefficient (Wildman–Crippen LogP) is 6.71. The number of rotatable bonds is 11. The first-order chi connectivity index (χ1) is 17.3. The number of carbonyl (C=O) groups excluding carboxylic acids is 2. The molecule has 6 heteroatoms. The molecule has 0 bridgehead atoms. The summed E-state index contributed by atoms with van der Waals surface area (Å²) in [5.74, 6) is -0.265. The van der Waals surface area contributed by atoms with Crippen molar-refractivity contribution in [3.05, 3.63) is 105 Å². The van der Waals surface area contributed by atoms with Gasteiger partial charge in [0.1, 0.15) is 6.04 Å². The second-order valence-electron chi connectivity index (χ2n) is 9.29. The standard InChI is InChI=1S/C30H34Cl2N2O2/c1-4-5-13-33-30(36)28(18-23-9-7-6-8-10-23)34(20-24-11-12-26(31)27(32)17-24)29(35)19-25-15-21(2)14-22(3)16-25/h6-12,14-17,28H,4-5,13,18-20H2,1-3H3,(H,33,36)/t28-/m1/s1. The molecule has 0 radical (unpaired) electrons. The molecule has 2 amide bonds. The second-order valence-corrected chi connectivity index (χ2v) is 10.1. The molecule has 0 fully saturated rings. The van der Waals surface area contributed by atoms with Gasteiger partial charge in [0.25, 0.3) is 0 Å². The number of carbonyl (C=O) groups is 2. The molecule has 0 aliphatic rings. The largest absolute Gasteiger partial charge is 0.354 e. The van der Waals surface area contributed by atoms with Crippen LogP contribution in [0.1, 0.15) is 47.6 Å². The van der Waals surface area contributed by atoms with Crippen molar-refractivity contribution in [2.75, 3.05) is 6.54 Å². The zero-order chi connectivity index (χ0) is 26.1. The predicted molar refractivity (Wildman–Crippen MR) is 148 cm³/mol. The zero-order valence-corrected chi connectivity index (χ0v) is 22.7. The van der Waals surface area contributed by atoms with Gasteiger partial charge in [-0.3, -0.25) is 9.59 Å². The van der Waals surface area contributed by atoms with Crippen LogP contribution in [0, 0.1) is 13.8 Å². The molecule has 3 rings (SSSR count). The van der Waals surface area contributed by atoms with Crippen LogP contribution in [0.5, 0.6) is 0 Å². The van der Waals surface area contributed by atoms with Gasteiger partial charge in [-0.2, -0.15) is 0 Å². The number of aryl methyl sites for hydroxylation is 2. The van der Waals surface area contributed by atoms with E-state index in [0.29, 0.717) is 23.0 Å². The normalized spacial score (nSPS) is 11.7. The summed E-state index contributed by atoms with van der Waals surface area (Å²) in [5, 5.41) is 3.92. The molecular weight excluding hydrogens is 491 g/mol. The van der Waals surface area contributed by atoms with Crippen LogP contribution < -0.4 is 5.32 Å². The minimum absolute atomic E-state index is 0.113. The van der Waals surface area contributed by atoms with Crippen LogP contribution >= 0.6 is 23.2 Å². The van der Waals surface area contributed by atoms with Crippen molar-refractivity contribution >= 4 is 35.0 Å². The lowest BCUT2D eigenvalue weighted by Crippen LogP contribution is -2.51. The average Bonchev–Trinajstić information content (AvgIpc) is 2.83. The Morgan fingerprint density at radius 3 is 2.19 bits per heavy atom. The highest BCUT2D eigenvalue weighted by Gasteiger charge is 2.30. The third kappa shape index (κ3) is 8.11. The Balaban J connectivity index is 1.98. The summed E-state index contributed by atoms with van der Waals surface area (Å²) < 4.78 is 0. The molecule has 0 aliphatic heterocycles. The van der Waals surface area contributed by atoms with Crippen molar-refractivity contribution in [1.29, 1.82) is 0 Å². The fraction of sp³-hybridized carbons (Fsp3) is 0.333. The number of benzene rings is 3. The van der Waals surface area contributed by atoms with Gasteiger partial charge in [0.15, 0.2) is 0 Å². The topological polar surface area (TPSA) is 49.4 Å². The molecule has 0 heterocycles. The van der Waals surface area contributed by atoms with E-state index in [1.807, 2.05) is 62.4 Å². The van der Waals surface area contributed by atoms with E-state index in [2.05, 4.69) is 18.3 Å². The lowest BCUT2D eigenvalue weighted by Gasteiger charge is -2.32. The number of nitrogens with zero attached hydrogens (tertiary/aromatic N) is 1. The average molecular weight is 526 g/mol. The van der Waals surface area contributed by atoms with Gasteiger partial charge in [-0.1, -0.05) is 102 Å². The second kappa shape index (κ2) is 13.5. The highest BCUT2D eigenvalue weighted by atomic mass is 35.5. The van der Waals surface area contributed by atoms with Gasteiger partial charge < -0.3 is 10.2 Å². The number of nitrogens with one attached hydrogen (secondary N) is 1. The Bertz CT molecular complexity index is 1160. The quantitative estimate of drug-likeness (QED) is 0.283. The number of unbranched alkanes of at least 4 members (excludes halogenated alkanes) is 1. The van der Waals surface area contributed by atoms with Crippen molar-refractivity contribution in [2.45, 2.75) is 59.0 Å². The Morgan fingerprint density at radius 1 is 0.861 bits per heavy atom. The number of hydrogen-bond acceptors (Lipinski definition) is 2. The lowest BCUT2D eigenvalue weighted by atomic mass is 10.00. The summed E-state index contributed by atoms with van der Waals surface area (Å²) in [6.07, 6.45) is 2.48. The molecule has 190 valence electrons. The van der Waals surface area contributed by atoms with Crippen molar-refractivity contribution in [2.24, 2.45) is 0 Å². The van der Waals surface area contributed by atoms with Crippen LogP contribution in [0.3, 0.4) is 0 Å². The maximum absolute atomic E-state index is 13.8. The molecule has 0 unspecified atom stereocenters. The molecule has 4 nitrogen and oxygen atoms in total. The Labute approximate surface area is 224 Å². The van der Waals surface area contributed by atoms with E-state index in [-0.39, 0.29) is 24.8 Å². The fourth-order valence-electron chi connectivity index (χ4n) is 4.34. The highest BCUT2D eigenvalue weighted by molar-refractivity contribution is 6.42. The molecule has 0 aliphatic carbocycles.